The molecule has 9 heteroatoms. The van der Waals surface area contributed by atoms with E-state index in [2.05, 4.69) is 26.7 Å². The number of hydrogen-bond acceptors (Lipinski definition) is 6. The third-order valence-corrected chi connectivity index (χ3v) is 6.52. The lowest BCUT2D eigenvalue weighted by Crippen LogP contribution is -2.67. The van der Waals surface area contributed by atoms with Gasteiger partial charge in [-0.15, -0.1) is 0 Å². The monoisotopic (exact) mass is 399 g/mol. The minimum absolute atomic E-state index is 0.218. The topological polar surface area (TPSA) is 102 Å². The largest absolute Gasteiger partial charge is 0.316 e. The Morgan fingerprint density at radius 1 is 1.17 bits per heavy atom. The maximum atomic E-state index is 9.45. The molecule has 1 N–H and O–H groups in total. The molecule has 4 aromatic rings. The molecule has 0 bridgehead atoms. The van der Waals surface area contributed by atoms with Crippen molar-refractivity contribution in [1.82, 2.24) is 39.5 Å². The van der Waals surface area contributed by atoms with Crippen LogP contribution in [-0.2, 0) is 12.6 Å². The number of nitrogens with zero attached hydrogens (tertiary/aromatic N) is 8. The van der Waals surface area contributed by atoms with Gasteiger partial charge in [0.15, 0.2) is 0 Å². The van der Waals surface area contributed by atoms with E-state index in [1.807, 2.05) is 53.2 Å². The van der Waals surface area contributed by atoms with Crippen LogP contribution in [0.2, 0.25) is 0 Å². The van der Waals surface area contributed by atoms with Crippen molar-refractivity contribution in [3.63, 3.8) is 0 Å². The van der Waals surface area contributed by atoms with Gasteiger partial charge in [0.05, 0.1) is 47.8 Å². The molecule has 0 aromatic carbocycles. The van der Waals surface area contributed by atoms with Gasteiger partial charge in [0.1, 0.15) is 11.4 Å². The molecule has 1 aliphatic carbocycles. The van der Waals surface area contributed by atoms with Crippen molar-refractivity contribution in [2.24, 2.45) is 12.5 Å². The SMILES string of the molecule is Cn1ccc(-c2cn3nccc3c(-c3cnn(C4(CC#N)CC5(CNC5)C4)c3)n2)n1. The van der Waals surface area contributed by atoms with Gasteiger partial charge in [-0.2, -0.15) is 20.6 Å². The quantitative estimate of drug-likeness (QED) is 0.563. The number of nitriles is 1. The fourth-order valence-electron chi connectivity index (χ4n) is 5.11. The molecule has 2 fully saturated rings. The standard InChI is InChI=1S/C21H21N9/c1-28-7-3-16(27-28)17-10-29-18(2-6-24-29)19(26-17)15-8-25-30(9-15)21(4-5-22)11-20(12-21)13-23-14-20/h2-3,6-10,23H,4,11-14H2,1H3. The molecule has 1 saturated carbocycles. The molecule has 30 heavy (non-hydrogen) atoms. The highest BCUT2D eigenvalue weighted by molar-refractivity contribution is 5.77. The van der Waals surface area contributed by atoms with Gasteiger partial charge in [-0.3, -0.25) is 9.36 Å². The number of rotatable bonds is 4. The van der Waals surface area contributed by atoms with Crippen molar-refractivity contribution in [1.29, 1.82) is 5.26 Å². The van der Waals surface area contributed by atoms with Crippen LogP contribution in [0.3, 0.4) is 0 Å². The normalized spacial score (nSPS) is 18.8. The van der Waals surface area contributed by atoms with Crippen molar-refractivity contribution < 1.29 is 0 Å². The zero-order valence-corrected chi connectivity index (χ0v) is 16.7. The van der Waals surface area contributed by atoms with Crippen LogP contribution >= 0.6 is 0 Å². The molecule has 0 unspecified atom stereocenters. The molecule has 9 nitrogen and oxygen atoms in total. The van der Waals surface area contributed by atoms with E-state index in [9.17, 15) is 5.26 Å². The third-order valence-electron chi connectivity index (χ3n) is 6.52. The van der Waals surface area contributed by atoms with E-state index < -0.39 is 0 Å². The summed E-state index contributed by atoms with van der Waals surface area (Å²) in [5, 5.41) is 26.4. The molecule has 150 valence electrons. The second kappa shape index (κ2) is 6.00. The maximum Gasteiger partial charge on any atom is 0.112 e. The average molecular weight is 399 g/mol. The molecule has 1 saturated heterocycles. The highest BCUT2D eigenvalue weighted by Gasteiger charge is 2.58. The molecule has 6 rings (SSSR count). The molecule has 0 radical (unpaired) electrons. The van der Waals surface area contributed by atoms with Crippen molar-refractivity contribution in [3.05, 3.63) is 43.1 Å². The molecule has 5 heterocycles. The first kappa shape index (κ1) is 17.4. The van der Waals surface area contributed by atoms with Gasteiger partial charge in [-0.1, -0.05) is 0 Å². The van der Waals surface area contributed by atoms with E-state index in [4.69, 9.17) is 4.98 Å². The van der Waals surface area contributed by atoms with Crippen molar-refractivity contribution >= 4 is 5.52 Å². The molecule has 2 aliphatic rings. The zero-order chi connectivity index (χ0) is 20.3. The van der Waals surface area contributed by atoms with Crippen LogP contribution in [0.5, 0.6) is 0 Å². The lowest BCUT2D eigenvalue weighted by Gasteiger charge is -2.60. The summed E-state index contributed by atoms with van der Waals surface area (Å²) in [7, 11) is 1.89. The molecule has 1 aliphatic heterocycles. The lowest BCUT2D eigenvalue weighted by atomic mass is 9.53. The smallest absolute Gasteiger partial charge is 0.112 e. The van der Waals surface area contributed by atoms with Crippen LogP contribution in [0.4, 0.5) is 0 Å². The summed E-state index contributed by atoms with van der Waals surface area (Å²) in [6.45, 7) is 2.08. The number of aryl methyl sites for hydroxylation is 1. The number of aromatic nitrogens is 7. The predicted molar refractivity (Wildman–Crippen MR) is 109 cm³/mol. The van der Waals surface area contributed by atoms with E-state index in [0.29, 0.717) is 11.8 Å². The van der Waals surface area contributed by atoms with E-state index in [0.717, 1.165) is 54.1 Å². The summed E-state index contributed by atoms with van der Waals surface area (Å²) in [5.74, 6) is 0. The zero-order valence-electron chi connectivity index (χ0n) is 16.7. The van der Waals surface area contributed by atoms with Crippen LogP contribution in [0.25, 0.3) is 28.2 Å². The first-order chi connectivity index (χ1) is 14.6. The molecular weight excluding hydrogens is 378 g/mol. The van der Waals surface area contributed by atoms with E-state index >= 15 is 0 Å². The molecule has 0 atom stereocenters. The Balaban J connectivity index is 1.42. The second-order valence-electron chi connectivity index (χ2n) is 8.70. The highest BCUT2D eigenvalue weighted by atomic mass is 15.3. The van der Waals surface area contributed by atoms with E-state index in [-0.39, 0.29) is 5.54 Å². The summed E-state index contributed by atoms with van der Waals surface area (Å²) in [6, 6.07) is 6.27. The van der Waals surface area contributed by atoms with Crippen LogP contribution < -0.4 is 5.32 Å². The summed E-state index contributed by atoms with van der Waals surface area (Å²) in [5.41, 5.74) is 4.32. The first-order valence-corrected chi connectivity index (χ1v) is 10.1. The third kappa shape index (κ3) is 2.44. The summed E-state index contributed by atoms with van der Waals surface area (Å²) < 4.78 is 5.58. The highest BCUT2D eigenvalue weighted by Crippen LogP contribution is 2.56. The van der Waals surface area contributed by atoms with Crippen molar-refractivity contribution in [3.8, 4) is 28.7 Å². The van der Waals surface area contributed by atoms with E-state index in [1.54, 1.807) is 10.9 Å². The summed E-state index contributed by atoms with van der Waals surface area (Å²) >= 11 is 0. The van der Waals surface area contributed by atoms with Gasteiger partial charge in [0.25, 0.3) is 0 Å². The molecule has 1 spiro atoms. The van der Waals surface area contributed by atoms with E-state index in [1.165, 1.54) is 0 Å². The van der Waals surface area contributed by atoms with Crippen LogP contribution in [-0.4, -0.2) is 47.2 Å². The van der Waals surface area contributed by atoms with Gasteiger partial charge in [0, 0.05) is 38.1 Å². The Hall–Kier alpha value is -3.51. The maximum absolute atomic E-state index is 9.45. The van der Waals surface area contributed by atoms with Crippen molar-refractivity contribution in [2.45, 2.75) is 24.8 Å². The Bertz CT molecular complexity index is 1290. The Labute approximate surface area is 173 Å². The average Bonchev–Trinajstić information content (AvgIpc) is 3.42. The van der Waals surface area contributed by atoms with Gasteiger partial charge < -0.3 is 5.32 Å². The second-order valence-corrected chi connectivity index (χ2v) is 8.70. The summed E-state index contributed by atoms with van der Waals surface area (Å²) in [4.78, 5) is 4.90. The fraction of sp³-hybridized carbons (Fsp3) is 0.381. The van der Waals surface area contributed by atoms with Crippen LogP contribution in [0.15, 0.2) is 43.1 Å². The van der Waals surface area contributed by atoms with Crippen molar-refractivity contribution in [2.75, 3.05) is 13.1 Å². The minimum atomic E-state index is -0.218. The summed E-state index contributed by atoms with van der Waals surface area (Å²) in [6.07, 6.45) is 11.9. The number of hydrogen-bond donors (Lipinski definition) is 1. The minimum Gasteiger partial charge on any atom is -0.316 e. The van der Waals surface area contributed by atoms with Crippen LogP contribution in [0.1, 0.15) is 19.3 Å². The van der Waals surface area contributed by atoms with Gasteiger partial charge in [-0.05, 0) is 30.4 Å². The number of nitrogens with one attached hydrogen (secondary N) is 1. The van der Waals surface area contributed by atoms with Crippen LogP contribution in [0, 0.1) is 16.7 Å². The lowest BCUT2D eigenvalue weighted by molar-refractivity contribution is -0.0704. The van der Waals surface area contributed by atoms with Gasteiger partial charge >= 0.3 is 0 Å². The Morgan fingerprint density at radius 2 is 2.03 bits per heavy atom. The Kier molecular flexibility index (Phi) is 3.47. The fourth-order valence-corrected chi connectivity index (χ4v) is 5.11. The number of fused-ring (bicyclic) bond motifs is 1. The van der Waals surface area contributed by atoms with Gasteiger partial charge in [0.2, 0.25) is 0 Å². The molecule has 4 aromatic heterocycles. The van der Waals surface area contributed by atoms with Gasteiger partial charge in [-0.25, -0.2) is 9.50 Å². The first-order valence-electron chi connectivity index (χ1n) is 10.1. The molecular formula is C21H21N9. The molecule has 0 amide bonds. The predicted octanol–water partition coefficient (Wildman–Crippen LogP) is 1.99. The Morgan fingerprint density at radius 3 is 2.73 bits per heavy atom.